The third kappa shape index (κ3) is 5.72. The Bertz CT molecular complexity index is 312. The van der Waals surface area contributed by atoms with Crippen LogP contribution in [-0.4, -0.2) is 0 Å². The van der Waals surface area contributed by atoms with Crippen molar-refractivity contribution in [3.8, 4) is 0 Å². The number of hydrogen-bond donors (Lipinski definition) is 0. The molecule has 0 nitrogen and oxygen atoms in total. The van der Waals surface area contributed by atoms with Gasteiger partial charge in [-0.3, -0.25) is 0 Å². The maximum Gasteiger partial charge on any atom is -0.0230 e. The summed E-state index contributed by atoms with van der Waals surface area (Å²) in [6, 6.07) is 8.60. The first kappa shape index (κ1) is 14.0. The summed E-state index contributed by atoms with van der Waals surface area (Å²) in [6.07, 6.45) is 12.8. The van der Waals surface area contributed by atoms with Gasteiger partial charge in [0.1, 0.15) is 0 Å². The number of rotatable bonds is 9. The lowest BCUT2D eigenvalue weighted by molar-refractivity contribution is 0.589. The van der Waals surface area contributed by atoms with Crippen LogP contribution in [0.4, 0.5) is 0 Å². The van der Waals surface area contributed by atoms with E-state index in [1.807, 2.05) is 6.08 Å². The van der Waals surface area contributed by atoms with Crippen LogP contribution in [0, 0.1) is 0 Å². The maximum atomic E-state index is 3.87. The lowest BCUT2D eigenvalue weighted by Gasteiger charge is -2.05. The van der Waals surface area contributed by atoms with E-state index < -0.39 is 0 Å². The Kier molecular flexibility index (Phi) is 7.46. The van der Waals surface area contributed by atoms with Crippen molar-refractivity contribution in [1.29, 1.82) is 0 Å². The van der Waals surface area contributed by atoms with E-state index in [4.69, 9.17) is 0 Å². The third-order valence-corrected chi connectivity index (χ3v) is 3.32. The van der Waals surface area contributed by atoms with Crippen molar-refractivity contribution in [2.45, 2.75) is 58.3 Å². The molecule has 17 heavy (non-hydrogen) atoms. The minimum Gasteiger partial charge on any atom is -0.0985 e. The van der Waals surface area contributed by atoms with Gasteiger partial charge in [0.05, 0.1) is 0 Å². The molecule has 0 heteroatoms. The fraction of sp³-hybridized carbons (Fsp3) is 0.529. The summed E-state index contributed by atoms with van der Waals surface area (Å²) < 4.78 is 0. The zero-order chi connectivity index (χ0) is 12.3. The second kappa shape index (κ2) is 9.04. The second-order valence-electron chi connectivity index (χ2n) is 4.77. The largest absolute Gasteiger partial charge is 0.0985 e. The first-order chi connectivity index (χ1) is 8.38. The van der Waals surface area contributed by atoms with Crippen LogP contribution in [0.2, 0.25) is 0 Å². The smallest absolute Gasteiger partial charge is 0.0230 e. The average Bonchev–Trinajstić information content (AvgIpc) is 2.38. The summed E-state index contributed by atoms with van der Waals surface area (Å²) in [5.41, 5.74) is 2.76. The summed E-state index contributed by atoms with van der Waals surface area (Å²) in [4.78, 5) is 0. The Morgan fingerprint density at radius 2 is 1.59 bits per heavy atom. The van der Waals surface area contributed by atoms with Gasteiger partial charge in [-0.15, -0.1) is 0 Å². The molecular formula is C17H26. The normalized spacial score (nSPS) is 10.4. The quantitative estimate of drug-likeness (QED) is 0.483. The Morgan fingerprint density at radius 1 is 0.941 bits per heavy atom. The van der Waals surface area contributed by atoms with Crippen molar-refractivity contribution >= 4 is 6.08 Å². The van der Waals surface area contributed by atoms with Gasteiger partial charge >= 0.3 is 0 Å². The van der Waals surface area contributed by atoms with Crippen molar-refractivity contribution in [1.82, 2.24) is 0 Å². The van der Waals surface area contributed by atoms with Gasteiger partial charge in [-0.2, -0.15) is 0 Å². The molecule has 94 valence electrons. The highest BCUT2D eigenvalue weighted by Crippen LogP contribution is 2.15. The van der Waals surface area contributed by atoms with Crippen molar-refractivity contribution in [3.63, 3.8) is 0 Å². The van der Waals surface area contributed by atoms with Crippen LogP contribution in [0.1, 0.15) is 63.0 Å². The molecule has 0 aliphatic heterocycles. The number of aryl methyl sites for hydroxylation is 1. The van der Waals surface area contributed by atoms with E-state index >= 15 is 0 Å². The Balaban J connectivity index is 2.15. The van der Waals surface area contributed by atoms with Gasteiger partial charge in [-0.1, -0.05) is 82.4 Å². The lowest BCUT2D eigenvalue weighted by atomic mass is 10.0. The van der Waals surface area contributed by atoms with Crippen LogP contribution >= 0.6 is 0 Å². The highest BCUT2D eigenvalue weighted by molar-refractivity contribution is 5.51. The maximum absolute atomic E-state index is 3.87. The zero-order valence-corrected chi connectivity index (χ0v) is 11.3. The molecule has 1 aromatic carbocycles. The second-order valence-corrected chi connectivity index (χ2v) is 4.77. The van der Waals surface area contributed by atoms with Gasteiger partial charge in [0.2, 0.25) is 0 Å². The molecule has 0 saturated carbocycles. The minimum atomic E-state index is 1.20. The molecule has 1 rings (SSSR count). The van der Waals surface area contributed by atoms with Gasteiger partial charge < -0.3 is 0 Å². The zero-order valence-electron chi connectivity index (χ0n) is 11.3. The Hall–Kier alpha value is -1.04. The van der Waals surface area contributed by atoms with Gasteiger partial charge in [-0.05, 0) is 24.0 Å². The molecule has 0 aliphatic rings. The summed E-state index contributed by atoms with van der Waals surface area (Å²) in [7, 11) is 0. The number of unbranched alkanes of at least 4 members (excludes halogenated alkanes) is 6. The van der Waals surface area contributed by atoms with Crippen LogP contribution in [0.25, 0.3) is 6.08 Å². The number of benzene rings is 1. The van der Waals surface area contributed by atoms with Crippen LogP contribution in [0.5, 0.6) is 0 Å². The van der Waals surface area contributed by atoms with E-state index in [1.54, 1.807) is 0 Å². The monoisotopic (exact) mass is 230 g/mol. The minimum absolute atomic E-state index is 1.20. The van der Waals surface area contributed by atoms with Crippen LogP contribution in [0.3, 0.4) is 0 Å². The Labute approximate surface area is 107 Å². The molecule has 0 saturated heterocycles. The molecule has 0 amide bonds. The fourth-order valence-electron chi connectivity index (χ4n) is 2.23. The van der Waals surface area contributed by atoms with Crippen molar-refractivity contribution in [3.05, 3.63) is 42.0 Å². The first-order valence-corrected chi connectivity index (χ1v) is 7.08. The first-order valence-electron chi connectivity index (χ1n) is 7.08. The highest BCUT2D eigenvalue weighted by Gasteiger charge is 1.98. The molecule has 0 atom stereocenters. The molecule has 0 bridgehead atoms. The molecule has 0 unspecified atom stereocenters. The summed E-state index contributed by atoms with van der Waals surface area (Å²) >= 11 is 0. The molecule has 0 N–H and O–H groups in total. The number of hydrogen-bond acceptors (Lipinski definition) is 0. The van der Waals surface area contributed by atoms with E-state index in [2.05, 4.69) is 37.8 Å². The lowest BCUT2D eigenvalue weighted by Crippen LogP contribution is -1.89. The molecule has 0 aliphatic carbocycles. The van der Waals surface area contributed by atoms with E-state index in [0.29, 0.717) is 0 Å². The van der Waals surface area contributed by atoms with E-state index in [-0.39, 0.29) is 0 Å². The summed E-state index contributed by atoms with van der Waals surface area (Å²) in [5, 5.41) is 0. The molecule has 0 fully saturated rings. The molecule has 0 aromatic heterocycles. The average molecular weight is 230 g/mol. The molecular weight excluding hydrogens is 204 g/mol. The van der Waals surface area contributed by atoms with Gasteiger partial charge in [0.25, 0.3) is 0 Å². The highest BCUT2D eigenvalue weighted by atomic mass is 14.0. The van der Waals surface area contributed by atoms with Gasteiger partial charge in [0, 0.05) is 0 Å². The van der Waals surface area contributed by atoms with E-state index in [0.717, 1.165) is 0 Å². The molecule has 1 aromatic rings. The Morgan fingerprint density at radius 3 is 2.29 bits per heavy atom. The van der Waals surface area contributed by atoms with Crippen molar-refractivity contribution in [2.75, 3.05) is 0 Å². The predicted octanol–water partition coefficient (Wildman–Crippen LogP) is 5.62. The summed E-state index contributed by atoms with van der Waals surface area (Å²) in [6.45, 7) is 6.14. The van der Waals surface area contributed by atoms with Gasteiger partial charge in [-0.25, -0.2) is 0 Å². The topological polar surface area (TPSA) is 0 Å². The molecule has 0 spiro atoms. The van der Waals surface area contributed by atoms with E-state index in [1.165, 1.54) is 62.5 Å². The standard InChI is InChI=1S/C17H26/c1-3-5-6-7-8-9-10-14-17-15-12-11-13-16(17)4-2/h4,11-13,15H,2-3,5-10,14H2,1H3. The van der Waals surface area contributed by atoms with Crippen LogP contribution < -0.4 is 0 Å². The predicted molar refractivity (Wildman–Crippen MR) is 78.2 cm³/mol. The molecule has 0 heterocycles. The van der Waals surface area contributed by atoms with Crippen molar-refractivity contribution < 1.29 is 0 Å². The third-order valence-electron chi connectivity index (χ3n) is 3.32. The van der Waals surface area contributed by atoms with Gasteiger partial charge in [0.15, 0.2) is 0 Å². The summed E-state index contributed by atoms with van der Waals surface area (Å²) in [5.74, 6) is 0. The van der Waals surface area contributed by atoms with Crippen LogP contribution in [-0.2, 0) is 6.42 Å². The van der Waals surface area contributed by atoms with Crippen molar-refractivity contribution in [2.24, 2.45) is 0 Å². The van der Waals surface area contributed by atoms with Crippen LogP contribution in [0.15, 0.2) is 30.8 Å². The fourth-order valence-corrected chi connectivity index (χ4v) is 2.23. The SMILES string of the molecule is C=Cc1ccccc1CCCCCCCCC. The molecule has 0 radical (unpaired) electrons. The van der Waals surface area contributed by atoms with E-state index in [9.17, 15) is 0 Å².